The molecule has 5 heteroatoms. The molecule has 1 aromatic heterocycles. The molecule has 26 heavy (non-hydrogen) atoms. The molecule has 1 N–H and O–H groups in total. The van der Waals surface area contributed by atoms with Gasteiger partial charge in [-0.15, -0.1) is 0 Å². The smallest absolute Gasteiger partial charge is 0.337 e. The summed E-state index contributed by atoms with van der Waals surface area (Å²) in [4.78, 5) is 16.0. The topological polar surface area (TPSA) is 59.4 Å². The molecule has 0 aliphatic heterocycles. The van der Waals surface area contributed by atoms with E-state index in [1.807, 2.05) is 27.7 Å². The fourth-order valence-corrected chi connectivity index (χ4v) is 2.60. The van der Waals surface area contributed by atoms with E-state index in [0.29, 0.717) is 27.7 Å². The zero-order valence-electron chi connectivity index (χ0n) is 17.4. The van der Waals surface area contributed by atoms with Crippen molar-refractivity contribution >= 4 is 16.9 Å². The third-order valence-electron chi connectivity index (χ3n) is 3.41. The first-order chi connectivity index (χ1) is 12.1. The second-order valence-corrected chi connectivity index (χ2v) is 6.32. The molecule has 0 fully saturated rings. The molecule has 0 aliphatic carbocycles. The van der Waals surface area contributed by atoms with Gasteiger partial charge in [-0.1, -0.05) is 33.8 Å². The number of fused-ring (bicyclic) bond motifs is 1. The molecule has 1 heterocycles. The lowest BCUT2D eigenvalue weighted by Gasteiger charge is -2.27. The molecule has 0 bridgehead atoms. The lowest BCUT2D eigenvalue weighted by Crippen LogP contribution is -2.28. The van der Waals surface area contributed by atoms with Gasteiger partial charge in [-0.3, -0.25) is 4.98 Å². The van der Waals surface area contributed by atoms with E-state index >= 15 is 0 Å². The van der Waals surface area contributed by atoms with Crippen molar-refractivity contribution in [2.75, 3.05) is 0 Å². The van der Waals surface area contributed by atoms with Crippen molar-refractivity contribution < 1.29 is 19.0 Å². The number of aliphatic carboxylic acids is 1. The van der Waals surface area contributed by atoms with E-state index in [0.717, 1.165) is 0 Å². The van der Waals surface area contributed by atoms with E-state index in [9.17, 15) is 14.3 Å². The molecule has 0 amide bonds. The molecule has 0 spiro atoms. The summed E-state index contributed by atoms with van der Waals surface area (Å²) >= 11 is 0. The molecule has 0 radical (unpaired) electrons. The maximum Gasteiger partial charge on any atom is 0.337 e. The average Bonchev–Trinajstić information content (AvgIpc) is 2.56. The number of nitrogens with zero attached hydrogens (tertiary/aromatic N) is 1. The summed E-state index contributed by atoms with van der Waals surface area (Å²) in [7, 11) is 0. The highest BCUT2D eigenvalue weighted by Crippen LogP contribution is 2.33. The number of halogens is 1. The molecule has 1 atom stereocenters. The molecule has 1 unspecified atom stereocenters. The summed E-state index contributed by atoms with van der Waals surface area (Å²) in [6.07, 6.45) is -1.18. The number of hydrogen-bond acceptors (Lipinski definition) is 3. The Kier molecular flexibility index (Phi) is 9.43. The molecular weight excluding hydrogens is 333 g/mol. The lowest BCUT2D eigenvalue weighted by molar-refractivity contribution is -0.160. The first kappa shape index (κ1) is 24.0. The first-order valence-corrected chi connectivity index (χ1v) is 9.08. The Balaban J connectivity index is 0.00000146. The predicted octanol–water partition coefficient (Wildman–Crippen LogP) is 5.98. The zero-order valence-corrected chi connectivity index (χ0v) is 17.4. The molecular formula is C21H32FNO3. The summed E-state index contributed by atoms with van der Waals surface area (Å²) < 4.78 is 19.8. The van der Waals surface area contributed by atoms with E-state index < -0.39 is 23.5 Å². The first-order valence-electron chi connectivity index (χ1n) is 9.08. The minimum atomic E-state index is -1.18. The largest absolute Gasteiger partial charge is 0.479 e. The Labute approximate surface area is 156 Å². The Hall–Kier alpha value is -2.01. The minimum Gasteiger partial charge on any atom is -0.479 e. The molecule has 0 saturated carbocycles. The number of benzene rings is 1. The third-order valence-corrected chi connectivity index (χ3v) is 3.41. The highest BCUT2D eigenvalue weighted by atomic mass is 19.1. The van der Waals surface area contributed by atoms with Crippen LogP contribution in [-0.4, -0.2) is 21.7 Å². The van der Waals surface area contributed by atoms with Crippen LogP contribution in [0.3, 0.4) is 0 Å². The van der Waals surface area contributed by atoms with E-state index in [1.54, 1.807) is 46.8 Å². The summed E-state index contributed by atoms with van der Waals surface area (Å²) in [5.41, 5.74) is 1.37. The van der Waals surface area contributed by atoms with Gasteiger partial charge in [-0.25, -0.2) is 9.18 Å². The van der Waals surface area contributed by atoms with Crippen LogP contribution >= 0.6 is 0 Å². The van der Waals surface area contributed by atoms with Crippen LogP contribution < -0.4 is 0 Å². The summed E-state index contributed by atoms with van der Waals surface area (Å²) in [6.45, 7) is 16.8. The predicted molar refractivity (Wildman–Crippen MR) is 105 cm³/mol. The number of carboxylic acid groups (broad SMARTS) is 1. The van der Waals surface area contributed by atoms with Gasteiger partial charge in [0, 0.05) is 16.6 Å². The molecule has 0 aliphatic rings. The van der Waals surface area contributed by atoms with Gasteiger partial charge < -0.3 is 9.84 Å². The fourth-order valence-electron chi connectivity index (χ4n) is 2.60. The number of aryl methyl sites for hydroxylation is 2. The van der Waals surface area contributed by atoms with Gasteiger partial charge in [0.1, 0.15) is 5.82 Å². The van der Waals surface area contributed by atoms with E-state index in [2.05, 4.69) is 4.98 Å². The van der Waals surface area contributed by atoms with E-state index in [-0.39, 0.29) is 0 Å². The van der Waals surface area contributed by atoms with Crippen LogP contribution in [0.15, 0.2) is 18.2 Å². The van der Waals surface area contributed by atoms with Crippen LogP contribution in [0, 0.1) is 19.7 Å². The van der Waals surface area contributed by atoms with E-state index in [1.165, 1.54) is 6.07 Å². The van der Waals surface area contributed by atoms with Crippen molar-refractivity contribution in [3.8, 4) is 0 Å². The van der Waals surface area contributed by atoms with Gasteiger partial charge in [-0.2, -0.15) is 0 Å². The van der Waals surface area contributed by atoms with Crippen LogP contribution in [0.1, 0.15) is 71.4 Å². The number of hydrogen-bond donors (Lipinski definition) is 1. The second kappa shape index (κ2) is 10.2. The Morgan fingerprint density at radius 2 is 1.69 bits per heavy atom. The average molecular weight is 365 g/mol. The summed E-state index contributed by atoms with van der Waals surface area (Å²) in [6, 6.07) is 4.64. The summed E-state index contributed by atoms with van der Waals surface area (Å²) in [5.74, 6) is -1.53. The number of carbonyl (C=O) groups is 1. The van der Waals surface area contributed by atoms with Gasteiger partial charge in [-0.05, 0) is 52.3 Å². The highest BCUT2D eigenvalue weighted by Gasteiger charge is 2.31. The molecule has 2 rings (SSSR count). The Morgan fingerprint density at radius 1 is 1.15 bits per heavy atom. The van der Waals surface area contributed by atoms with Gasteiger partial charge in [0.15, 0.2) is 6.10 Å². The molecule has 2 aromatic rings. The number of carboxylic acids is 1. The van der Waals surface area contributed by atoms with Crippen LogP contribution in [0.5, 0.6) is 0 Å². The Bertz CT molecular complexity index is 736. The number of pyridine rings is 1. The maximum atomic E-state index is 14.1. The maximum absolute atomic E-state index is 14.1. The number of rotatable bonds is 3. The van der Waals surface area contributed by atoms with Crippen molar-refractivity contribution in [1.29, 1.82) is 0 Å². The lowest BCUT2D eigenvalue weighted by atomic mass is 9.96. The van der Waals surface area contributed by atoms with Crippen molar-refractivity contribution in [3.63, 3.8) is 0 Å². The Morgan fingerprint density at radius 3 is 2.15 bits per heavy atom. The fraction of sp³-hybridized carbons (Fsp3) is 0.524. The van der Waals surface area contributed by atoms with Crippen LogP contribution in [0.2, 0.25) is 0 Å². The second-order valence-electron chi connectivity index (χ2n) is 6.32. The van der Waals surface area contributed by atoms with E-state index in [4.69, 9.17) is 4.74 Å². The minimum absolute atomic E-state index is 0.340. The molecule has 1 aromatic carbocycles. The van der Waals surface area contributed by atoms with Crippen molar-refractivity contribution in [3.05, 3.63) is 40.8 Å². The zero-order chi connectivity index (χ0) is 20.7. The van der Waals surface area contributed by atoms with Crippen molar-refractivity contribution in [1.82, 2.24) is 4.98 Å². The van der Waals surface area contributed by atoms with Crippen LogP contribution in [0.25, 0.3) is 10.9 Å². The molecule has 4 nitrogen and oxygen atoms in total. The standard InChI is InChI=1S/C17H20FNO3.2C2H6/c1-9-13(15(16(20)21)22-17(3,4)5)10(2)19-12-8-6-7-11(18)14(9)12;2*1-2/h6-8,15H,1-5H3,(H,20,21);2*1-2H3. The van der Waals surface area contributed by atoms with Crippen LogP contribution in [-0.2, 0) is 9.53 Å². The summed E-state index contributed by atoms with van der Waals surface area (Å²) in [5, 5.41) is 9.87. The van der Waals surface area contributed by atoms with Crippen LogP contribution in [0.4, 0.5) is 4.39 Å². The van der Waals surface area contributed by atoms with Gasteiger partial charge in [0.05, 0.1) is 11.1 Å². The van der Waals surface area contributed by atoms with Gasteiger partial charge >= 0.3 is 5.97 Å². The monoisotopic (exact) mass is 365 g/mol. The third kappa shape index (κ3) is 5.77. The molecule has 0 saturated heterocycles. The van der Waals surface area contributed by atoms with Crippen molar-refractivity contribution in [2.24, 2.45) is 0 Å². The normalized spacial score (nSPS) is 11.8. The molecule has 146 valence electrons. The van der Waals surface area contributed by atoms with Crippen molar-refractivity contribution in [2.45, 2.75) is 74.0 Å². The number of ether oxygens (including phenoxy) is 1. The van der Waals surface area contributed by atoms with Gasteiger partial charge in [0.25, 0.3) is 0 Å². The number of aromatic nitrogens is 1. The SMILES string of the molecule is CC.CC.Cc1nc2cccc(F)c2c(C)c1C(OC(C)(C)C)C(=O)O. The highest BCUT2D eigenvalue weighted by molar-refractivity contribution is 5.86. The quantitative estimate of drug-likeness (QED) is 0.726. The van der Waals surface area contributed by atoms with Gasteiger partial charge in [0.2, 0.25) is 0 Å².